The van der Waals surface area contributed by atoms with Gasteiger partial charge >= 0.3 is 5.97 Å². The third-order valence-electron chi connectivity index (χ3n) is 9.40. The van der Waals surface area contributed by atoms with Crippen LogP contribution in [-0.2, 0) is 19.7 Å². The number of esters is 1. The van der Waals surface area contributed by atoms with Gasteiger partial charge in [0.25, 0.3) is 0 Å². The molecular formula is C37H26N2O4. The summed E-state index contributed by atoms with van der Waals surface area (Å²) in [6.45, 7) is 0. The van der Waals surface area contributed by atoms with Gasteiger partial charge in [0, 0.05) is 17.5 Å². The Labute approximate surface area is 248 Å². The Bertz CT molecular complexity index is 1960. The van der Waals surface area contributed by atoms with Gasteiger partial charge in [0.05, 0.1) is 41.3 Å². The Kier molecular flexibility index (Phi) is 5.50. The van der Waals surface area contributed by atoms with Crippen molar-refractivity contribution in [2.45, 2.75) is 11.3 Å². The van der Waals surface area contributed by atoms with Crippen LogP contribution >= 0.6 is 0 Å². The maximum Gasteiger partial charge on any atom is 0.337 e. The molecule has 6 nitrogen and oxygen atoms in total. The van der Waals surface area contributed by atoms with Gasteiger partial charge in [-0.3, -0.25) is 14.6 Å². The molecular weight excluding hydrogens is 536 g/mol. The second kappa shape index (κ2) is 9.33. The molecule has 1 aliphatic heterocycles. The highest BCUT2D eigenvalue weighted by Crippen LogP contribution is 2.64. The highest BCUT2D eigenvalue weighted by molar-refractivity contribution is 6.27. The smallest absolute Gasteiger partial charge is 0.337 e. The Hall–Kier alpha value is -5.36. The summed E-state index contributed by atoms with van der Waals surface area (Å²) in [5.74, 6) is -2.32. The van der Waals surface area contributed by atoms with E-state index in [-0.39, 0.29) is 17.7 Å². The molecule has 43 heavy (non-hydrogen) atoms. The van der Waals surface area contributed by atoms with E-state index in [0.717, 1.165) is 33.0 Å². The Morgan fingerprint density at radius 2 is 1.40 bits per heavy atom. The first kappa shape index (κ1) is 25.4. The fourth-order valence-electron chi connectivity index (χ4n) is 7.67. The van der Waals surface area contributed by atoms with E-state index < -0.39 is 23.2 Å². The SMILES string of the molecule is COC(=O)c1ccc(N=CC23c4ccccc4C(c4ccccc42)[C@H]2C(=O)N(c4cccc5ccccc45)C(=O)[C@@H]23)cc1. The molecule has 208 valence electrons. The van der Waals surface area contributed by atoms with Gasteiger partial charge < -0.3 is 4.74 Å². The lowest BCUT2D eigenvalue weighted by Crippen LogP contribution is -2.54. The topological polar surface area (TPSA) is 76.0 Å². The van der Waals surface area contributed by atoms with Crippen LogP contribution in [0, 0.1) is 11.8 Å². The minimum absolute atomic E-state index is 0.180. The first-order chi connectivity index (χ1) is 21.0. The zero-order chi connectivity index (χ0) is 29.3. The molecule has 0 N–H and O–H groups in total. The molecule has 9 rings (SSSR count). The number of fused-ring (bicyclic) bond motifs is 1. The summed E-state index contributed by atoms with van der Waals surface area (Å²) in [7, 11) is 1.35. The largest absolute Gasteiger partial charge is 0.465 e. The molecule has 0 aromatic heterocycles. The lowest BCUT2D eigenvalue weighted by atomic mass is 9.47. The van der Waals surface area contributed by atoms with Crippen LogP contribution < -0.4 is 4.90 Å². The summed E-state index contributed by atoms with van der Waals surface area (Å²) >= 11 is 0. The number of anilines is 1. The van der Waals surface area contributed by atoms with Gasteiger partial charge in [0.1, 0.15) is 0 Å². The summed E-state index contributed by atoms with van der Waals surface area (Å²) in [5, 5.41) is 1.83. The number of ether oxygens (including phenoxy) is 1. The fraction of sp³-hybridized carbons (Fsp3) is 0.135. The van der Waals surface area contributed by atoms with E-state index in [1.807, 2.05) is 72.9 Å². The molecule has 4 aliphatic rings. The van der Waals surface area contributed by atoms with Gasteiger partial charge in [-0.2, -0.15) is 0 Å². The van der Waals surface area contributed by atoms with E-state index in [0.29, 0.717) is 16.9 Å². The van der Waals surface area contributed by atoms with E-state index in [2.05, 4.69) is 24.3 Å². The van der Waals surface area contributed by atoms with E-state index in [1.54, 1.807) is 24.3 Å². The highest BCUT2D eigenvalue weighted by Gasteiger charge is 2.68. The van der Waals surface area contributed by atoms with Crippen molar-refractivity contribution in [1.29, 1.82) is 0 Å². The predicted molar refractivity (Wildman–Crippen MR) is 165 cm³/mol. The van der Waals surface area contributed by atoms with Crippen LogP contribution in [0.15, 0.2) is 120 Å². The summed E-state index contributed by atoms with van der Waals surface area (Å²) < 4.78 is 4.84. The maximum absolute atomic E-state index is 14.8. The summed E-state index contributed by atoms with van der Waals surface area (Å²) in [5.41, 5.74) is 4.79. The molecule has 2 amide bonds. The summed E-state index contributed by atoms with van der Waals surface area (Å²) in [6, 6.07) is 36.7. The zero-order valence-corrected chi connectivity index (χ0v) is 23.3. The number of aliphatic imine (C=N–C) groups is 1. The first-order valence-corrected chi connectivity index (χ1v) is 14.3. The average Bonchev–Trinajstić information content (AvgIpc) is 3.33. The molecule has 6 heteroatoms. The van der Waals surface area contributed by atoms with Crippen LogP contribution in [0.2, 0.25) is 0 Å². The standard InChI is InChI=1S/C37H26N2O4/c1-43-36(42)23-17-19-24(20-18-23)38-21-37-28-14-6-4-12-26(28)31(27-13-5-7-15-29(27)37)32-33(37)35(41)39(34(32)40)30-16-8-10-22-9-2-3-11-25(22)30/h2-21,31-33H,1H3/t31?,32-,33-,37?/m1/s1. The summed E-state index contributed by atoms with van der Waals surface area (Å²) in [4.78, 5) is 47.7. The number of carbonyl (C=O) groups excluding carboxylic acids is 3. The van der Waals surface area contributed by atoms with Crippen LogP contribution in [0.3, 0.4) is 0 Å². The summed E-state index contributed by atoms with van der Waals surface area (Å²) in [6.07, 6.45) is 1.86. The normalized spacial score (nSPS) is 23.4. The molecule has 0 radical (unpaired) electrons. The van der Waals surface area contributed by atoms with E-state index in [4.69, 9.17) is 9.73 Å². The molecule has 0 saturated carbocycles. The van der Waals surface area contributed by atoms with Gasteiger partial charge in [-0.1, -0.05) is 84.9 Å². The van der Waals surface area contributed by atoms with Crippen LogP contribution in [-0.4, -0.2) is 31.1 Å². The molecule has 5 aromatic carbocycles. The van der Waals surface area contributed by atoms with Crippen molar-refractivity contribution in [1.82, 2.24) is 0 Å². The molecule has 2 bridgehead atoms. The van der Waals surface area contributed by atoms with Crippen LogP contribution in [0.5, 0.6) is 0 Å². The molecule has 1 saturated heterocycles. The first-order valence-electron chi connectivity index (χ1n) is 14.3. The lowest BCUT2D eigenvalue weighted by molar-refractivity contribution is -0.122. The number of benzene rings is 5. The number of hydrogen-bond donors (Lipinski definition) is 0. The van der Waals surface area contributed by atoms with E-state index in [9.17, 15) is 14.4 Å². The number of amides is 2. The number of methoxy groups -OCH3 is 1. The van der Waals surface area contributed by atoms with Crippen molar-refractivity contribution in [3.8, 4) is 0 Å². The fourth-order valence-corrected chi connectivity index (χ4v) is 7.67. The lowest BCUT2D eigenvalue weighted by Gasteiger charge is -2.52. The van der Waals surface area contributed by atoms with Crippen LogP contribution in [0.25, 0.3) is 10.8 Å². The van der Waals surface area contributed by atoms with Crippen molar-refractivity contribution in [3.63, 3.8) is 0 Å². The van der Waals surface area contributed by atoms with Gasteiger partial charge in [-0.15, -0.1) is 0 Å². The van der Waals surface area contributed by atoms with Gasteiger partial charge in [0.15, 0.2) is 0 Å². The van der Waals surface area contributed by atoms with Crippen molar-refractivity contribution in [2.24, 2.45) is 16.8 Å². The number of imide groups is 1. The Balaban J connectivity index is 1.35. The minimum Gasteiger partial charge on any atom is -0.465 e. The molecule has 1 fully saturated rings. The highest BCUT2D eigenvalue weighted by atomic mass is 16.5. The Morgan fingerprint density at radius 3 is 2.09 bits per heavy atom. The molecule has 2 atom stereocenters. The average molecular weight is 563 g/mol. The maximum atomic E-state index is 14.8. The van der Waals surface area contributed by atoms with Gasteiger partial charge in [-0.05, 0) is 58.0 Å². The van der Waals surface area contributed by atoms with Gasteiger partial charge in [-0.25, -0.2) is 9.69 Å². The quantitative estimate of drug-likeness (QED) is 0.141. The van der Waals surface area contributed by atoms with Crippen LogP contribution in [0.4, 0.5) is 11.4 Å². The number of nitrogens with zero attached hydrogens (tertiary/aromatic N) is 2. The molecule has 5 aromatic rings. The molecule has 0 unspecified atom stereocenters. The van der Waals surface area contributed by atoms with E-state index in [1.165, 1.54) is 12.0 Å². The Morgan fingerprint density at radius 1 is 0.767 bits per heavy atom. The monoisotopic (exact) mass is 562 g/mol. The minimum atomic E-state index is -0.973. The number of rotatable bonds is 4. The predicted octanol–water partition coefficient (Wildman–Crippen LogP) is 6.58. The molecule has 3 aliphatic carbocycles. The third kappa shape index (κ3) is 3.40. The second-order valence-corrected chi connectivity index (χ2v) is 11.3. The van der Waals surface area contributed by atoms with Crippen molar-refractivity contribution >= 4 is 46.1 Å². The van der Waals surface area contributed by atoms with Crippen molar-refractivity contribution in [2.75, 3.05) is 12.0 Å². The van der Waals surface area contributed by atoms with Crippen molar-refractivity contribution in [3.05, 3.63) is 143 Å². The van der Waals surface area contributed by atoms with Gasteiger partial charge in [0.2, 0.25) is 11.8 Å². The van der Waals surface area contributed by atoms with E-state index >= 15 is 0 Å². The molecule has 1 heterocycles. The molecule has 0 spiro atoms. The zero-order valence-electron chi connectivity index (χ0n) is 23.3. The third-order valence-corrected chi connectivity index (χ3v) is 9.40. The van der Waals surface area contributed by atoms with Crippen LogP contribution in [0.1, 0.15) is 38.5 Å². The number of hydrogen-bond acceptors (Lipinski definition) is 5. The second-order valence-electron chi connectivity index (χ2n) is 11.3. The number of carbonyl (C=O) groups is 3. The van der Waals surface area contributed by atoms with Crippen molar-refractivity contribution < 1.29 is 19.1 Å².